The molecule has 14 heteroatoms. The van der Waals surface area contributed by atoms with Gasteiger partial charge in [-0.15, -0.1) is 0 Å². The number of piperidine rings is 1. The quantitative estimate of drug-likeness (QED) is 0.344. The smallest absolute Gasteiger partial charge is 0.391 e. The first-order valence-corrected chi connectivity index (χ1v) is 14.7. The van der Waals surface area contributed by atoms with E-state index >= 15 is 0 Å². The van der Waals surface area contributed by atoms with Gasteiger partial charge in [0.05, 0.1) is 48.0 Å². The average molecular weight is 581 g/mol. The number of fused-ring (bicyclic) bond motifs is 1. The maximum absolute atomic E-state index is 13.5. The van der Waals surface area contributed by atoms with Crippen molar-refractivity contribution in [2.24, 2.45) is 5.41 Å². The predicted octanol–water partition coefficient (Wildman–Crippen LogP) is 4.31. The second-order valence-corrected chi connectivity index (χ2v) is 12.5. The third kappa shape index (κ3) is 6.33. The Morgan fingerprint density at radius 1 is 1.15 bits per heavy atom. The van der Waals surface area contributed by atoms with Gasteiger partial charge in [0, 0.05) is 18.5 Å². The van der Waals surface area contributed by atoms with Crippen LogP contribution in [0.4, 0.5) is 30.4 Å². The molecule has 3 aromatic rings. The number of nitrogens with zero attached hydrogens (tertiary/aromatic N) is 4. The number of sulfonamides is 1. The first-order chi connectivity index (χ1) is 18.9. The number of halogens is 3. The SMILES string of the molecule is C[C@@H](CC(F)(F)F)n1ncc2ccc(NC(=O)c3ccc(NS(=O)(=O)CCO)cc3N3CCC4(CC3)CC4)nc21. The molecule has 1 saturated heterocycles. The van der Waals surface area contributed by atoms with Crippen molar-refractivity contribution in [2.75, 3.05) is 40.4 Å². The van der Waals surface area contributed by atoms with Crippen LogP contribution in [0.3, 0.4) is 0 Å². The lowest BCUT2D eigenvalue weighted by atomic mass is 9.93. The summed E-state index contributed by atoms with van der Waals surface area (Å²) in [7, 11) is -3.77. The Bertz CT molecular complexity index is 1510. The van der Waals surface area contributed by atoms with Gasteiger partial charge < -0.3 is 15.3 Å². The van der Waals surface area contributed by atoms with Crippen LogP contribution in [-0.4, -0.2) is 65.8 Å². The van der Waals surface area contributed by atoms with Crippen LogP contribution in [0, 0.1) is 5.41 Å². The number of benzene rings is 1. The van der Waals surface area contributed by atoms with E-state index in [4.69, 9.17) is 5.11 Å². The Kier molecular flexibility index (Phi) is 7.42. The van der Waals surface area contributed by atoms with Crippen molar-refractivity contribution in [2.45, 2.75) is 51.2 Å². The molecule has 1 aliphatic heterocycles. The van der Waals surface area contributed by atoms with Crippen molar-refractivity contribution >= 4 is 44.2 Å². The lowest BCUT2D eigenvalue weighted by Crippen LogP contribution is -2.35. The van der Waals surface area contributed by atoms with Crippen LogP contribution in [0.15, 0.2) is 36.5 Å². The average Bonchev–Trinajstić information content (AvgIpc) is 3.48. The van der Waals surface area contributed by atoms with E-state index in [1.807, 2.05) is 0 Å². The zero-order valence-corrected chi connectivity index (χ0v) is 22.7. The molecule has 5 rings (SSSR count). The summed E-state index contributed by atoms with van der Waals surface area (Å²) in [4.78, 5) is 19.9. The number of rotatable bonds is 9. The fraction of sp³-hybridized carbons (Fsp3) is 0.500. The number of carbonyl (C=O) groups is 1. The minimum Gasteiger partial charge on any atom is -0.395 e. The van der Waals surface area contributed by atoms with E-state index in [0.29, 0.717) is 35.1 Å². The van der Waals surface area contributed by atoms with E-state index in [2.05, 4.69) is 25.0 Å². The molecule has 2 aromatic heterocycles. The Morgan fingerprint density at radius 2 is 1.88 bits per heavy atom. The summed E-state index contributed by atoms with van der Waals surface area (Å²) in [6.07, 6.45) is 0.337. The van der Waals surface area contributed by atoms with Crippen LogP contribution in [0.1, 0.15) is 55.4 Å². The van der Waals surface area contributed by atoms with Crippen LogP contribution in [-0.2, 0) is 10.0 Å². The second-order valence-electron chi connectivity index (χ2n) is 10.7. The van der Waals surface area contributed by atoms with Crippen molar-refractivity contribution in [3.8, 4) is 0 Å². The molecule has 1 amide bonds. The van der Waals surface area contributed by atoms with E-state index in [1.165, 1.54) is 42.8 Å². The zero-order chi connectivity index (χ0) is 28.7. The Morgan fingerprint density at radius 3 is 2.52 bits per heavy atom. The molecule has 0 bridgehead atoms. The summed E-state index contributed by atoms with van der Waals surface area (Å²) < 4.78 is 67.0. The Balaban J connectivity index is 1.42. The molecule has 2 fully saturated rings. The first kappa shape index (κ1) is 28.1. The van der Waals surface area contributed by atoms with Crippen LogP contribution < -0.4 is 14.9 Å². The first-order valence-electron chi connectivity index (χ1n) is 13.1. The highest BCUT2D eigenvalue weighted by atomic mass is 32.2. The highest BCUT2D eigenvalue weighted by molar-refractivity contribution is 7.92. The molecule has 3 N–H and O–H groups in total. The van der Waals surface area contributed by atoms with Crippen LogP contribution >= 0.6 is 0 Å². The molecule has 1 aliphatic carbocycles. The number of anilines is 3. The van der Waals surface area contributed by atoms with Crippen molar-refractivity contribution in [3.05, 3.63) is 42.1 Å². The largest absolute Gasteiger partial charge is 0.395 e. The number of aliphatic hydroxyl groups excluding tert-OH is 1. The molecule has 1 saturated carbocycles. The Labute approximate surface area is 229 Å². The summed E-state index contributed by atoms with van der Waals surface area (Å²) in [5, 5.41) is 16.4. The topological polar surface area (TPSA) is 129 Å². The number of pyridine rings is 1. The summed E-state index contributed by atoms with van der Waals surface area (Å²) >= 11 is 0. The highest BCUT2D eigenvalue weighted by Crippen LogP contribution is 2.54. The lowest BCUT2D eigenvalue weighted by Gasteiger charge is -2.35. The minimum absolute atomic E-state index is 0.146. The molecule has 10 nitrogen and oxygen atoms in total. The molecule has 1 aromatic carbocycles. The Hall–Kier alpha value is -3.39. The molecule has 3 heterocycles. The van der Waals surface area contributed by atoms with Gasteiger partial charge in [-0.05, 0) is 68.4 Å². The normalized spacial score (nSPS) is 17.7. The minimum atomic E-state index is -4.37. The van der Waals surface area contributed by atoms with Gasteiger partial charge in [-0.25, -0.2) is 18.1 Å². The molecular weight excluding hydrogens is 549 g/mol. The second kappa shape index (κ2) is 10.5. The van der Waals surface area contributed by atoms with E-state index < -0.39 is 46.9 Å². The number of carbonyl (C=O) groups excluding carboxylic acids is 1. The maximum Gasteiger partial charge on any atom is 0.391 e. The van der Waals surface area contributed by atoms with Gasteiger partial charge in [-0.2, -0.15) is 18.3 Å². The summed E-state index contributed by atoms with van der Waals surface area (Å²) in [6.45, 7) is 2.31. The third-order valence-corrected chi connectivity index (χ3v) is 8.89. The molecule has 1 atom stereocenters. The number of alkyl halides is 3. The monoisotopic (exact) mass is 580 g/mol. The number of amides is 1. The maximum atomic E-state index is 13.5. The molecular formula is C26H31F3N6O4S. The van der Waals surface area contributed by atoms with Gasteiger partial charge in [-0.3, -0.25) is 9.52 Å². The van der Waals surface area contributed by atoms with Crippen LogP contribution in [0.5, 0.6) is 0 Å². The predicted molar refractivity (Wildman–Crippen MR) is 145 cm³/mol. The molecule has 1 spiro atoms. The third-order valence-electron chi connectivity index (χ3n) is 7.63. The van der Waals surface area contributed by atoms with Gasteiger partial charge in [0.15, 0.2) is 5.65 Å². The van der Waals surface area contributed by atoms with Crippen LogP contribution in [0.2, 0.25) is 0 Å². The van der Waals surface area contributed by atoms with Crippen molar-refractivity contribution in [1.82, 2.24) is 14.8 Å². The van der Waals surface area contributed by atoms with E-state index in [9.17, 15) is 26.4 Å². The molecule has 0 radical (unpaired) electrons. The van der Waals surface area contributed by atoms with Gasteiger partial charge in [0.1, 0.15) is 5.82 Å². The number of hydrogen-bond acceptors (Lipinski definition) is 7. The standard InChI is InChI=1S/C26H31F3N6O4S/c1-17(15-26(27,28)29)35-23-18(16-30-35)2-5-22(31-23)32-24(37)20-4-3-19(33-40(38,39)13-12-36)14-21(20)34-10-8-25(6-7-25)9-11-34/h2-5,14,16-17,33,36H,6-13,15H2,1H3,(H,31,32,37)/t17-/m0/s1. The van der Waals surface area contributed by atoms with E-state index in [0.717, 1.165) is 12.8 Å². The van der Waals surface area contributed by atoms with Crippen LogP contribution in [0.25, 0.3) is 11.0 Å². The van der Waals surface area contributed by atoms with E-state index in [-0.39, 0.29) is 17.2 Å². The van der Waals surface area contributed by atoms with Gasteiger partial charge >= 0.3 is 6.18 Å². The summed E-state index contributed by atoms with van der Waals surface area (Å²) in [6, 6.07) is 6.80. The summed E-state index contributed by atoms with van der Waals surface area (Å²) in [5.41, 5.74) is 1.73. The van der Waals surface area contributed by atoms with Gasteiger partial charge in [0.2, 0.25) is 10.0 Å². The fourth-order valence-corrected chi connectivity index (χ4v) is 6.05. The number of aromatic nitrogens is 3. The number of hydrogen-bond donors (Lipinski definition) is 3. The molecule has 0 unspecified atom stereocenters. The summed E-state index contributed by atoms with van der Waals surface area (Å²) in [5.74, 6) is -0.802. The van der Waals surface area contributed by atoms with Crippen molar-refractivity contribution in [1.29, 1.82) is 0 Å². The van der Waals surface area contributed by atoms with E-state index in [1.54, 1.807) is 18.2 Å². The molecule has 216 valence electrons. The van der Waals surface area contributed by atoms with Crippen molar-refractivity contribution in [3.63, 3.8) is 0 Å². The lowest BCUT2D eigenvalue weighted by molar-refractivity contribution is -0.142. The van der Waals surface area contributed by atoms with Gasteiger partial charge in [0.25, 0.3) is 5.91 Å². The zero-order valence-electron chi connectivity index (χ0n) is 21.9. The molecule has 2 aliphatic rings. The molecule has 40 heavy (non-hydrogen) atoms. The highest BCUT2D eigenvalue weighted by Gasteiger charge is 2.44. The number of nitrogens with one attached hydrogen (secondary N) is 2. The number of aliphatic hydroxyl groups is 1. The van der Waals surface area contributed by atoms with Crippen molar-refractivity contribution < 1.29 is 31.5 Å². The fourth-order valence-electron chi connectivity index (χ4n) is 5.22. The van der Waals surface area contributed by atoms with Gasteiger partial charge in [-0.1, -0.05) is 0 Å².